The molecule has 0 fully saturated rings. The first-order chi connectivity index (χ1) is 6.77. The van der Waals surface area contributed by atoms with Crippen LogP contribution in [0.25, 0.3) is 0 Å². The van der Waals surface area contributed by atoms with Crippen LogP contribution in [0.4, 0.5) is 4.39 Å². The van der Waals surface area contributed by atoms with Crippen LogP contribution in [0.15, 0.2) is 42.2 Å². The zero-order valence-electron chi connectivity index (χ0n) is 8.41. The van der Waals surface area contributed by atoms with E-state index in [0.717, 1.165) is 12.8 Å². The van der Waals surface area contributed by atoms with Crippen LogP contribution in [0.3, 0.4) is 0 Å². The SMILES string of the molecule is CC1CC(c2ccccc2)CC=C1F. The molecule has 1 aromatic rings. The van der Waals surface area contributed by atoms with Gasteiger partial charge in [-0.1, -0.05) is 43.3 Å². The largest absolute Gasteiger partial charge is 0.212 e. The number of benzene rings is 1. The predicted octanol–water partition coefficient (Wildman–Crippen LogP) is 4.05. The molecule has 0 N–H and O–H groups in total. The van der Waals surface area contributed by atoms with Crippen LogP contribution in [-0.2, 0) is 0 Å². The van der Waals surface area contributed by atoms with Gasteiger partial charge in [0, 0.05) is 5.92 Å². The summed E-state index contributed by atoms with van der Waals surface area (Å²) in [6.07, 6.45) is 3.53. The highest BCUT2D eigenvalue weighted by atomic mass is 19.1. The van der Waals surface area contributed by atoms with E-state index >= 15 is 0 Å². The van der Waals surface area contributed by atoms with Gasteiger partial charge in [-0.15, -0.1) is 0 Å². The molecule has 0 aliphatic heterocycles. The maximum absolute atomic E-state index is 13.1. The lowest BCUT2D eigenvalue weighted by Gasteiger charge is -2.24. The average molecular weight is 190 g/mol. The Morgan fingerprint density at radius 3 is 2.57 bits per heavy atom. The fourth-order valence-corrected chi connectivity index (χ4v) is 2.09. The molecule has 0 saturated heterocycles. The smallest absolute Gasteiger partial charge is 0.0988 e. The number of hydrogen-bond donors (Lipinski definition) is 0. The van der Waals surface area contributed by atoms with Gasteiger partial charge in [0.2, 0.25) is 0 Å². The van der Waals surface area contributed by atoms with Crippen LogP contribution >= 0.6 is 0 Å². The summed E-state index contributed by atoms with van der Waals surface area (Å²) in [5.74, 6) is 0.664. The molecule has 1 aliphatic carbocycles. The van der Waals surface area contributed by atoms with E-state index < -0.39 is 0 Å². The third-order valence-corrected chi connectivity index (χ3v) is 2.98. The molecule has 1 heteroatoms. The van der Waals surface area contributed by atoms with E-state index in [4.69, 9.17) is 0 Å². The standard InChI is InChI=1S/C13H15F/c1-10-9-12(7-8-13(10)14)11-5-3-2-4-6-11/h2-6,8,10,12H,7,9H2,1H3. The minimum absolute atomic E-state index is 0.0668. The summed E-state index contributed by atoms with van der Waals surface area (Å²) < 4.78 is 13.1. The lowest BCUT2D eigenvalue weighted by molar-refractivity contribution is 0.402. The molecule has 74 valence electrons. The highest BCUT2D eigenvalue weighted by Gasteiger charge is 2.21. The van der Waals surface area contributed by atoms with Crippen LogP contribution in [-0.4, -0.2) is 0 Å². The molecule has 0 saturated carbocycles. The number of halogens is 1. The van der Waals surface area contributed by atoms with Gasteiger partial charge in [-0.05, 0) is 24.3 Å². The zero-order chi connectivity index (χ0) is 9.97. The first-order valence-corrected chi connectivity index (χ1v) is 5.18. The van der Waals surface area contributed by atoms with Gasteiger partial charge in [-0.25, -0.2) is 4.39 Å². The van der Waals surface area contributed by atoms with E-state index in [1.54, 1.807) is 6.08 Å². The molecule has 0 amide bonds. The molecular weight excluding hydrogens is 175 g/mol. The van der Waals surface area contributed by atoms with Crippen LogP contribution in [0.5, 0.6) is 0 Å². The van der Waals surface area contributed by atoms with Crippen LogP contribution < -0.4 is 0 Å². The van der Waals surface area contributed by atoms with E-state index in [-0.39, 0.29) is 11.7 Å². The first kappa shape index (κ1) is 9.45. The normalized spacial score (nSPS) is 27.1. The molecule has 0 heterocycles. The minimum Gasteiger partial charge on any atom is -0.212 e. The highest BCUT2D eigenvalue weighted by Crippen LogP contribution is 2.35. The molecule has 0 spiro atoms. The Kier molecular flexibility index (Phi) is 2.67. The maximum Gasteiger partial charge on any atom is 0.0988 e. The topological polar surface area (TPSA) is 0 Å². The number of allylic oxidation sites excluding steroid dienone is 2. The predicted molar refractivity (Wildman–Crippen MR) is 56.8 cm³/mol. The third-order valence-electron chi connectivity index (χ3n) is 2.98. The van der Waals surface area contributed by atoms with Crippen molar-refractivity contribution < 1.29 is 4.39 Å². The van der Waals surface area contributed by atoms with Gasteiger partial charge < -0.3 is 0 Å². The molecule has 2 atom stereocenters. The molecule has 2 rings (SSSR count). The minimum atomic E-state index is 0.0668. The Hall–Kier alpha value is -1.11. The molecule has 0 bridgehead atoms. The molecule has 0 radical (unpaired) electrons. The Morgan fingerprint density at radius 1 is 1.21 bits per heavy atom. The van der Waals surface area contributed by atoms with Crippen molar-refractivity contribution in [2.75, 3.05) is 0 Å². The van der Waals surface area contributed by atoms with E-state index in [0.29, 0.717) is 5.92 Å². The first-order valence-electron chi connectivity index (χ1n) is 5.18. The van der Waals surface area contributed by atoms with E-state index in [9.17, 15) is 4.39 Å². The van der Waals surface area contributed by atoms with Gasteiger partial charge in [-0.3, -0.25) is 0 Å². The quantitative estimate of drug-likeness (QED) is 0.626. The molecular formula is C13H15F. The van der Waals surface area contributed by atoms with Crippen molar-refractivity contribution in [3.05, 3.63) is 47.8 Å². The Bertz CT molecular complexity index is 326. The molecule has 0 nitrogen and oxygen atoms in total. The molecule has 0 aromatic heterocycles. The van der Waals surface area contributed by atoms with E-state index in [1.165, 1.54) is 5.56 Å². The Morgan fingerprint density at radius 2 is 1.93 bits per heavy atom. The second-order valence-electron chi connectivity index (χ2n) is 4.07. The summed E-state index contributed by atoms with van der Waals surface area (Å²) in [5, 5.41) is 0. The summed E-state index contributed by atoms with van der Waals surface area (Å²) >= 11 is 0. The van der Waals surface area contributed by atoms with Crippen molar-refractivity contribution in [3.8, 4) is 0 Å². The van der Waals surface area contributed by atoms with E-state index in [1.807, 2.05) is 13.0 Å². The fraction of sp³-hybridized carbons (Fsp3) is 0.385. The Balaban J connectivity index is 2.16. The van der Waals surface area contributed by atoms with Gasteiger partial charge in [0.15, 0.2) is 0 Å². The maximum atomic E-state index is 13.1. The highest BCUT2D eigenvalue weighted by molar-refractivity contribution is 5.22. The van der Waals surface area contributed by atoms with Crippen molar-refractivity contribution in [1.29, 1.82) is 0 Å². The summed E-state index contributed by atoms with van der Waals surface area (Å²) in [4.78, 5) is 0. The summed E-state index contributed by atoms with van der Waals surface area (Å²) in [5.41, 5.74) is 1.34. The average Bonchev–Trinajstić information content (AvgIpc) is 2.23. The fourth-order valence-electron chi connectivity index (χ4n) is 2.09. The van der Waals surface area contributed by atoms with Gasteiger partial charge in [-0.2, -0.15) is 0 Å². The van der Waals surface area contributed by atoms with Gasteiger partial charge in [0.05, 0.1) is 5.83 Å². The molecule has 1 aromatic carbocycles. The van der Waals surface area contributed by atoms with Crippen molar-refractivity contribution in [2.24, 2.45) is 5.92 Å². The van der Waals surface area contributed by atoms with Gasteiger partial charge in [0.25, 0.3) is 0 Å². The van der Waals surface area contributed by atoms with E-state index in [2.05, 4.69) is 24.3 Å². The molecule has 2 unspecified atom stereocenters. The second kappa shape index (κ2) is 3.95. The van der Waals surface area contributed by atoms with Crippen molar-refractivity contribution in [2.45, 2.75) is 25.7 Å². The van der Waals surface area contributed by atoms with Crippen molar-refractivity contribution in [1.82, 2.24) is 0 Å². The summed E-state index contributed by atoms with van der Waals surface area (Å²) in [7, 11) is 0. The van der Waals surface area contributed by atoms with Crippen LogP contribution in [0.2, 0.25) is 0 Å². The lowest BCUT2D eigenvalue weighted by atomic mass is 9.82. The zero-order valence-corrected chi connectivity index (χ0v) is 8.41. The molecule has 14 heavy (non-hydrogen) atoms. The van der Waals surface area contributed by atoms with Crippen LogP contribution in [0, 0.1) is 5.92 Å². The molecule has 1 aliphatic rings. The summed E-state index contributed by atoms with van der Waals surface area (Å²) in [6.45, 7) is 1.96. The van der Waals surface area contributed by atoms with Gasteiger partial charge in [0.1, 0.15) is 0 Å². The number of rotatable bonds is 1. The number of hydrogen-bond acceptors (Lipinski definition) is 0. The van der Waals surface area contributed by atoms with Crippen LogP contribution in [0.1, 0.15) is 31.2 Å². The Labute approximate surface area is 84.5 Å². The monoisotopic (exact) mass is 190 g/mol. The van der Waals surface area contributed by atoms with Crippen molar-refractivity contribution >= 4 is 0 Å². The second-order valence-corrected chi connectivity index (χ2v) is 4.07. The summed E-state index contributed by atoms with van der Waals surface area (Å²) in [6, 6.07) is 10.4. The van der Waals surface area contributed by atoms with Crippen molar-refractivity contribution in [3.63, 3.8) is 0 Å². The lowest BCUT2D eigenvalue weighted by Crippen LogP contribution is -2.10. The third kappa shape index (κ3) is 1.87. The van der Waals surface area contributed by atoms with Gasteiger partial charge >= 0.3 is 0 Å².